The van der Waals surface area contributed by atoms with Gasteiger partial charge in [-0.15, -0.1) is 0 Å². The number of rotatable bonds is 1. The van der Waals surface area contributed by atoms with Crippen LogP contribution in [0, 0.1) is 0 Å². The zero-order valence-corrected chi connectivity index (χ0v) is 9.33. The maximum atomic E-state index is 6.14. The number of hydrogen-bond donors (Lipinski definition) is 3. The summed E-state index contributed by atoms with van der Waals surface area (Å²) in [5.41, 5.74) is 20.7. The maximum absolute atomic E-state index is 6.14. The highest BCUT2D eigenvalue weighted by Crippen LogP contribution is 2.37. The van der Waals surface area contributed by atoms with Crippen molar-refractivity contribution in [3.8, 4) is 11.1 Å². The summed E-state index contributed by atoms with van der Waals surface area (Å²) < 4.78 is 0. The molecule has 0 radical (unpaired) electrons. The highest BCUT2D eigenvalue weighted by Gasteiger charge is 2.10. The van der Waals surface area contributed by atoms with E-state index in [0.717, 1.165) is 11.1 Å². The van der Waals surface area contributed by atoms with Crippen LogP contribution in [-0.4, -0.2) is 0 Å². The van der Waals surface area contributed by atoms with Crippen molar-refractivity contribution in [2.24, 2.45) is 0 Å². The molecule has 0 unspecified atom stereocenters. The van der Waals surface area contributed by atoms with Crippen molar-refractivity contribution in [1.82, 2.24) is 0 Å². The zero-order chi connectivity index (χ0) is 11.7. The zero-order valence-electron chi connectivity index (χ0n) is 8.57. The van der Waals surface area contributed by atoms with Crippen LogP contribution >= 0.6 is 11.6 Å². The molecule has 0 aromatic heterocycles. The van der Waals surface area contributed by atoms with Gasteiger partial charge in [0.05, 0.1) is 10.7 Å². The second kappa shape index (κ2) is 3.94. The number of hydrogen-bond acceptors (Lipinski definition) is 3. The van der Waals surface area contributed by atoms with E-state index >= 15 is 0 Å². The summed E-state index contributed by atoms with van der Waals surface area (Å²) in [6.45, 7) is 0. The Labute approximate surface area is 98.8 Å². The van der Waals surface area contributed by atoms with Gasteiger partial charge in [-0.3, -0.25) is 0 Å². The van der Waals surface area contributed by atoms with E-state index < -0.39 is 0 Å². The lowest BCUT2D eigenvalue weighted by molar-refractivity contribution is 1.60. The van der Waals surface area contributed by atoms with E-state index in [1.807, 2.05) is 12.1 Å². The van der Waals surface area contributed by atoms with Gasteiger partial charge in [-0.2, -0.15) is 0 Å². The highest BCUT2D eigenvalue weighted by molar-refractivity contribution is 6.36. The molecule has 0 amide bonds. The maximum Gasteiger partial charge on any atom is 0.0734 e. The normalized spacial score (nSPS) is 10.3. The van der Waals surface area contributed by atoms with Gasteiger partial charge in [0.2, 0.25) is 0 Å². The molecule has 4 heteroatoms. The van der Waals surface area contributed by atoms with Gasteiger partial charge in [-0.25, -0.2) is 0 Å². The predicted molar refractivity (Wildman–Crippen MR) is 70.1 cm³/mol. The van der Waals surface area contributed by atoms with Crippen LogP contribution in [0.25, 0.3) is 11.1 Å². The number of benzene rings is 2. The second-order valence-electron chi connectivity index (χ2n) is 3.56. The lowest BCUT2D eigenvalue weighted by Gasteiger charge is -2.10. The minimum absolute atomic E-state index is 0.477. The first-order valence-corrected chi connectivity index (χ1v) is 5.17. The van der Waals surface area contributed by atoms with E-state index in [1.54, 1.807) is 24.3 Å². The molecule has 2 aromatic rings. The molecule has 6 N–H and O–H groups in total. The predicted octanol–water partition coefficient (Wildman–Crippen LogP) is 2.75. The molecule has 0 heterocycles. The van der Waals surface area contributed by atoms with Crippen molar-refractivity contribution in [3.05, 3.63) is 41.4 Å². The first-order valence-electron chi connectivity index (χ1n) is 4.79. The summed E-state index contributed by atoms with van der Waals surface area (Å²) in [5.74, 6) is 0. The molecule has 0 saturated carbocycles. The second-order valence-corrected chi connectivity index (χ2v) is 3.93. The Kier molecular flexibility index (Phi) is 2.62. The molecule has 0 saturated heterocycles. The van der Waals surface area contributed by atoms with Gasteiger partial charge in [0.25, 0.3) is 0 Å². The SMILES string of the molecule is Nc1ccc(-c2c(N)ccc(N)c2Cl)cc1. The average molecular weight is 234 g/mol. The monoisotopic (exact) mass is 233 g/mol. The smallest absolute Gasteiger partial charge is 0.0734 e. The van der Waals surface area contributed by atoms with Crippen molar-refractivity contribution in [1.29, 1.82) is 0 Å². The minimum Gasteiger partial charge on any atom is -0.399 e. The van der Waals surface area contributed by atoms with Crippen LogP contribution in [0.3, 0.4) is 0 Å². The molecule has 0 fully saturated rings. The standard InChI is InChI=1S/C12H12ClN3/c13-12-10(16)6-5-9(15)11(12)7-1-3-8(14)4-2-7/h1-6H,14-16H2. The fourth-order valence-electron chi connectivity index (χ4n) is 1.55. The summed E-state index contributed by atoms with van der Waals surface area (Å²) in [6, 6.07) is 10.8. The van der Waals surface area contributed by atoms with Crippen molar-refractivity contribution in [3.63, 3.8) is 0 Å². The Balaban J connectivity index is 2.63. The van der Waals surface area contributed by atoms with Gasteiger partial charge >= 0.3 is 0 Å². The quantitative estimate of drug-likeness (QED) is 0.663. The van der Waals surface area contributed by atoms with Crippen LogP contribution in [0.1, 0.15) is 0 Å². The molecule has 2 aromatic carbocycles. The van der Waals surface area contributed by atoms with E-state index in [9.17, 15) is 0 Å². The third kappa shape index (κ3) is 1.77. The van der Waals surface area contributed by atoms with Crippen molar-refractivity contribution < 1.29 is 0 Å². The third-order valence-electron chi connectivity index (χ3n) is 2.40. The van der Waals surface area contributed by atoms with E-state index in [-0.39, 0.29) is 0 Å². The first kappa shape index (κ1) is 10.6. The summed E-state index contributed by atoms with van der Waals surface area (Å²) in [5, 5.41) is 0.477. The summed E-state index contributed by atoms with van der Waals surface area (Å²) in [6.07, 6.45) is 0. The fraction of sp³-hybridized carbons (Fsp3) is 0. The molecular formula is C12H12ClN3. The lowest BCUT2D eigenvalue weighted by atomic mass is 10.0. The number of nitrogens with two attached hydrogens (primary N) is 3. The van der Waals surface area contributed by atoms with E-state index in [4.69, 9.17) is 28.8 Å². The fourth-order valence-corrected chi connectivity index (χ4v) is 1.83. The van der Waals surface area contributed by atoms with E-state index in [0.29, 0.717) is 22.1 Å². The summed E-state index contributed by atoms with van der Waals surface area (Å²) in [4.78, 5) is 0. The molecule has 0 bridgehead atoms. The largest absolute Gasteiger partial charge is 0.399 e. The van der Waals surface area contributed by atoms with Crippen LogP contribution in [0.2, 0.25) is 5.02 Å². The molecule has 0 aliphatic rings. The Hall–Kier alpha value is -1.87. The molecule has 0 spiro atoms. The van der Waals surface area contributed by atoms with Crippen LogP contribution in [0.5, 0.6) is 0 Å². The van der Waals surface area contributed by atoms with Gasteiger partial charge in [-0.1, -0.05) is 23.7 Å². The van der Waals surface area contributed by atoms with Gasteiger partial charge in [0.15, 0.2) is 0 Å². The lowest BCUT2D eigenvalue weighted by Crippen LogP contribution is -1.95. The molecular weight excluding hydrogens is 222 g/mol. The number of halogens is 1. The van der Waals surface area contributed by atoms with Gasteiger partial charge < -0.3 is 17.2 Å². The Bertz CT molecular complexity index is 521. The topological polar surface area (TPSA) is 78.1 Å². The summed E-state index contributed by atoms with van der Waals surface area (Å²) >= 11 is 6.14. The van der Waals surface area contributed by atoms with Crippen LogP contribution in [0.4, 0.5) is 17.1 Å². The average Bonchev–Trinajstić information content (AvgIpc) is 2.27. The summed E-state index contributed by atoms with van der Waals surface area (Å²) in [7, 11) is 0. The van der Waals surface area contributed by atoms with Crippen LogP contribution < -0.4 is 17.2 Å². The minimum atomic E-state index is 0.477. The number of anilines is 3. The van der Waals surface area contributed by atoms with Gasteiger partial charge in [0, 0.05) is 16.9 Å². The first-order chi connectivity index (χ1) is 7.59. The Morgan fingerprint density at radius 2 is 1.31 bits per heavy atom. The Morgan fingerprint density at radius 1 is 0.750 bits per heavy atom. The molecule has 0 aliphatic carbocycles. The van der Waals surface area contributed by atoms with Crippen molar-refractivity contribution >= 4 is 28.7 Å². The molecule has 2 rings (SSSR count). The highest BCUT2D eigenvalue weighted by atomic mass is 35.5. The molecule has 3 nitrogen and oxygen atoms in total. The van der Waals surface area contributed by atoms with Crippen molar-refractivity contribution in [2.75, 3.05) is 17.2 Å². The van der Waals surface area contributed by atoms with Gasteiger partial charge in [0.1, 0.15) is 0 Å². The van der Waals surface area contributed by atoms with Crippen molar-refractivity contribution in [2.45, 2.75) is 0 Å². The van der Waals surface area contributed by atoms with E-state index in [1.165, 1.54) is 0 Å². The number of nitrogen functional groups attached to an aromatic ring is 3. The van der Waals surface area contributed by atoms with E-state index in [2.05, 4.69) is 0 Å². The van der Waals surface area contributed by atoms with Crippen LogP contribution in [0.15, 0.2) is 36.4 Å². The molecule has 0 aliphatic heterocycles. The van der Waals surface area contributed by atoms with Crippen LogP contribution in [-0.2, 0) is 0 Å². The molecule has 16 heavy (non-hydrogen) atoms. The Morgan fingerprint density at radius 3 is 1.94 bits per heavy atom. The third-order valence-corrected chi connectivity index (χ3v) is 2.81. The molecule has 82 valence electrons. The van der Waals surface area contributed by atoms with Gasteiger partial charge in [-0.05, 0) is 29.8 Å². The molecule has 0 atom stereocenters.